The van der Waals surface area contributed by atoms with Gasteiger partial charge >= 0.3 is 0 Å². The van der Waals surface area contributed by atoms with Gasteiger partial charge in [-0.05, 0) is 51.2 Å². The molecule has 0 spiro atoms. The number of likely N-dealkylation sites (tertiary alicyclic amines) is 1. The summed E-state index contributed by atoms with van der Waals surface area (Å²) in [5.74, 6) is 0.169. The molecule has 3 heterocycles. The minimum atomic E-state index is 0.159. The van der Waals surface area contributed by atoms with Crippen LogP contribution in [0.2, 0.25) is 0 Å². The second-order valence-corrected chi connectivity index (χ2v) is 10.1. The van der Waals surface area contributed by atoms with Crippen LogP contribution in [-0.4, -0.2) is 44.8 Å². The monoisotopic (exact) mass is 406 g/mol. The van der Waals surface area contributed by atoms with Gasteiger partial charge in [0.1, 0.15) is 5.69 Å². The van der Waals surface area contributed by atoms with Crippen LogP contribution >= 0.6 is 0 Å². The van der Waals surface area contributed by atoms with E-state index in [0.717, 1.165) is 25.0 Å². The third kappa shape index (κ3) is 3.09. The molecule has 2 saturated heterocycles. The fraction of sp³-hybridized carbons (Fsp3) is 0.600. The summed E-state index contributed by atoms with van der Waals surface area (Å²) in [5, 5.41) is 8.48. The molecule has 5 heteroatoms. The number of piperidine rings is 1. The number of carbonyl (C=O) groups excluding carboxylic acids is 1. The third-order valence-electron chi connectivity index (χ3n) is 7.91. The Hall–Kier alpha value is -2.14. The Kier molecular flexibility index (Phi) is 4.97. The Bertz CT molecular complexity index is 907. The third-order valence-corrected chi connectivity index (χ3v) is 7.91. The minimum absolute atomic E-state index is 0.159. The van der Waals surface area contributed by atoms with E-state index in [4.69, 9.17) is 0 Å². The highest BCUT2D eigenvalue weighted by Gasteiger charge is 2.60. The van der Waals surface area contributed by atoms with Crippen molar-refractivity contribution in [1.29, 1.82) is 0 Å². The molecular formula is C25H34N4O. The Labute approximate surface area is 179 Å². The number of aromatic nitrogens is 2. The summed E-state index contributed by atoms with van der Waals surface area (Å²) >= 11 is 0. The average molecular weight is 407 g/mol. The van der Waals surface area contributed by atoms with Gasteiger partial charge < -0.3 is 10.2 Å². The number of carbonyl (C=O) groups is 1. The highest BCUT2D eigenvalue weighted by molar-refractivity contribution is 5.93. The fourth-order valence-corrected chi connectivity index (χ4v) is 6.45. The van der Waals surface area contributed by atoms with Crippen molar-refractivity contribution >= 4 is 5.91 Å². The van der Waals surface area contributed by atoms with Crippen molar-refractivity contribution in [2.75, 3.05) is 0 Å². The van der Waals surface area contributed by atoms with Crippen LogP contribution < -0.4 is 5.32 Å². The van der Waals surface area contributed by atoms with Gasteiger partial charge in [-0.15, -0.1) is 0 Å². The van der Waals surface area contributed by atoms with Gasteiger partial charge in [0.15, 0.2) is 0 Å². The van der Waals surface area contributed by atoms with E-state index in [0.29, 0.717) is 18.1 Å². The minimum Gasteiger partial charge on any atom is -0.329 e. The lowest BCUT2D eigenvalue weighted by Crippen LogP contribution is -2.57. The molecule has 1 amide bonds. The molecule has 160 valence electrons. The number of hydrogen-bond acceptors (Lipinski definition) is 3. The van der Waals surface area contributed by atoms with Gasteiger partial charge in [0.05, 0.1) is 0 Å². The molecule has 30 heavy (non-hydrogen) atoms. The maximum atomic E-state index is 14.0. The predicted octanol–water partition coefficient (Wildman–Crippen LogP) is 4.21. The summed E-state index contributed by atoms with van der Waals surface area (Å²) in [5.41, 5.74) is 2.24. The van der Waals surface area contributed by atoms with Crippen molar-refractivity contribution in [3.05, 3.63) is 53.9 Å². The van der Waals surface area contributed by atoms with E-state index in [1.54, 1.807) is 6.20 Å². The van der Waals surface area contributed by atoms with Crippen LogP contribution in [0, 0.1) is 5.41 Å². The predicted molar refractivity (Wildman–Crippen MR) is 118 cm³/mol. The first-order valence-electron chi connectivity index (χ1n) is 11.6. The number of amides is 1. The summed E-state index contributed by atoms with van der Waals surface area (Å²) in [6.45, 7) is 6.61. The van der Waals surface area contributed by atoms with Crippen molar-refractivity contribution in [3.63, 3.8) is 0 Å². The second kappa shape index (κ2) is 7.52. The number of fused-ring (bicyclic) bond motifs is 1. The number of nitrogens with zero attached hydrogens (tertiary/aromatic N) is 3. The van der Waals surface area contributed by atoms with Gasteiger partial charge in [0, 0.05) is 41.8 Å². The van der Waals surface area contributed by atoms with Crippen LogP contribution in [0.25, 0.3) is 0 Å². The quantitative estimate of drug-likeness (QED) is 0.827. The van der Waals surface area contributed by atoms with Gasteiger partial charge in [-0.25, -0.2) is 0 Å². The molecule has 3 aliphatic rings. The first-order valence-corrected chi connectivity index (χ1v) is 11.6. The normalized spacial score (nSPS) is 33.0. The van der Waals surface area contributed by atoms with E-state index in [-0.39, 0.29) is 23.4 Å². The van der Waals surface area contributed by atoms with E-state index >= 15 is 0 Å². The molecule has 5 atom stereocenters. The molecule has 1 N–H and O–H groups in total. The number of rotatable bonds is 4. The van der Waals surface area contributed by atoms with Crippen molar-refractivity contribution in [1.82, 2.24) is 20.0 Å². The maximum Gasteiger partial charge on any atom is 0.272 e. The standard InChI is InChI=1S/C25H34N4O/c1-17(2)29-20(13-14-26-29)24(30)28-21-16-25(3)22(11-7-8-12-23(25)28)27-19(21)15-18-9-5-4-6-10-18/h4-6,9-10,13-14,17,19,21-23,27H,7-8,11-12,15-16H2,1-3H3/t19-,21+,22-,23+,25-/m1/s1. The molecule has 1 saturated carbocycles. The Morgan fingerprint density at radius 3 is 2.73 bits per heavy atom. The van der Waals surface area contributed by atoms with Crippen LogP contribution in [0.1, 0.15) is 75.0 Å². The van der Waals surface area contributed by atoms with Crippen molar-refractivity contribution < 1.29 is 4.79 Å². The molecule has 3 fully saturated rings. The second-order valence-electron chi connectivity index (χ2n) is 10.1. The summed E-state index contributed by atoms with van der Waals surface area (Å²) in [7, 11) is 0. The summed E-state index contributed by atoms with van der Waals surface area (Å²) in [6.07, 6.45) is 8.64. The van der Waals surface area contributed by atoms with Gasteiger partial charge in [-0.1, -0.05) is 50.1 Å². The summed E-state index contributed by atoms with van der Waals surface area (Å²) in [4.78, 5) is 16.2. The van der Waals surface area contributed by atoms with Gasteiger partial charge in [-0.2, -0.15) is 5.10 Å². The Morgan fingerprint density at radius 2 is 1.97 bits per heavy atom. The van der Waals surface area contributed by atoms with Crippen LogP contribution in [0.4, 0.5) is 0 Å². The summed E-state index contributed by atoms with van der Waals surface area (Å²) in [6, 6.07) is 14.1. The zero-order chi connectivity index (χ0) is 20.9. The lowest BCUT2D eigenvalue weighted by molar-refractivity contribution is 0.0597. The molecule has 0 radical (unpaired) electrons. The molecule has 2 bridgehead atoms. The molecule has 5 rings (SSSR count). The van der Waals surface area contributed by atoms with E-state index in [9.17, 15) is 4.79 Å². The lowest BCUT2D eigenvalue weighted by atomic mass is 9.70. The molecule has 5 nitrogen and oxygen atoms in total. The van der Waals surface area contributed by atoms with Gasteiger partial charge in [-0.3, -0.25) is 9.48 Å². The number of benzene rings is 1. The van der Waals surface area contributed by atoms with E-state index in [2.05, 4.69) is 66.4 Å². The van der Waals surface area contributed by atoms with Crippen LogP contribution in [0.15, 0.2) is 42.6 Å². The molecular weight excluding hydrogens is 372 g/mol. The van der Waals surface area contributed by atoms with Crippen molar-refractivity contribution in [2.45, 2.75) is 89.5 Å². The largest absolute Gasteiger partial charge is 0.329 e. The van der Waals surface area contributed by atoms with Crippen LogP contribution in [-0.2, 0) is 6.42 Å². The molecule has 1 aromatic heterocycles. The Balaban J connectivity index is 1.53. The lowest BCUT2D eigenvalue weighted by Gasteiger charge is -2.43. The van der Waals surface area contributed by atoms with Crippen molar-refractivity contribution in [3.8, 4) is 0 Å². The average Bonchev–Trinajstić information content (AvgIpc) is 3.28. The zero-order valence-electron chi connectivity index (χ0n) is 18.4. The number of nitrogens with one attached hydrogen (secondary N) is 1. The SMILES string of the molecule is CC(C)n1nccc1C(=O)N1[C@H]2CCCC[C@H]3N[C@H](Cc4ccccc4)[C@@H]1C[C@@]23C. The maximum absolute atomic E-state index is 14.0. The van der Waals surface area contributed by atoms with E-state index < -0.39 is 0 Å². The smallest absolute Gasteiger partial charge is 0.272 e. The molecule has 0 unspecified atom stereocenters. The molecule has 1 aliphatic carbocycles. The zero-order valence-corrected chi connectivity index (χ0v) is 18.4. The fourth-order valence-electron chi connectivity index (χ4n) is 6.45. The highest BCUT2D eigenvalue weighted by Crippen LogP contribution is 2.52. The summed E-state index contributed by atoms with van der Waals surface area (Å²) < 4.78 is 1.89. The van der Waals surface area contributed by atoms with Crippen LogP contribution in [0.3, 0.4) is 0 Å². The molecule has 2 aliphatic heterocycles. The topological polar surface area (TPSA) is 50.2 Å². The first-order chi connectivity index (χ1) is 14.5. The Morgan fingerprint density at radius 1 is 1.20 bits per heavy atom. The highest BCUT2D eigenvalue weighted by atomic mass is 16.2. The van der Waals surface area contributed by atoms with Gasteiger partial charge in [0.25, 0.3) is 5.91 Å². The van der Waals surface area contributed by atoms with E-state index in [1.807, 2.05) is 10.7 Å². The van der Waals surface area contributed by atoms with E-state index in [1.165, 1.54) is 24.8 Å². The van der Waals surface area contributed by atoms with Crippen molar-refractivity contribution in [2.24, 2.45) is 5.41 Å². The first kappa shape index (κ1) is 19.8. The molecule has 1 aromatic carbocycles. The van der Waals surface area contributed by atoms with Gasteiger partial charge in [0.2, 0.25) is 0 Å². The molecule has 2 aromatic rings. The number of hydrogen-bond donors (Lipinski definition) is 1. The van der Waals surface area contributed by atoms with Crippen LogP contribution in [0.5, 0.6) is 0 Å².